The number of benzene rings is 1. The second kappa shape index (κ2) is 9.03. The van der Waals surface area contributed by atoms with Gasteiger partial charge in [0.05, 0.1) is 19.9 Å². The summed E-state index contributed by atoms with van der Waals surface area (Å²) in [6.45, 7) is 4.65. The number of anilines is 1. The lowest BCUT2D eigenvalue weighted by molar-refractivity contribution is -0.340. The number of aromatic nitrogens is 2. The minimum absolute atomic E-state index is 0.0335. The van der Waals surface area contributed by atoms with Crippen molar-refractivity contribution in [3.05, 3.63) is 75.1 Å². The maximum Gasteiger partial charge on any atom is 0.535 e. The first-order chi connectivity index (χ1) is 15.0. The average Bonchev–Trinajstić information content (AvgIpc) is 2.94. The second-order valence-electron chi connectivity index (χ2n) is 7.15. The van der Waals surface area contributed by atoms with Crippen LogP contribution in [-0.4, -0.2) is 29.1 Å². The van der Waals surface area contributed by atoms with Gasteiger partial charge in [-0.2, -0.15) is 4.98 Å². The Kier molecular flexibility index (Phi) is 6.58. The van der Waals surface area contributed by atoms with Crippen molar-refractivity contribution in [3.63, 3.8) is 0 Å². The molecule has 7 nitrogen and oxygen atoms in total. The molecule has 0 spiro atoms. The van der Waals surface area contributed by atoms with Crippen LogP contribution in [0.15, 0.2) is 52.3 Å². The molecule has 2 aromatic rings. The first-order valence-electron chi connectivity index (χ1n) is 9.48. The van der Waals surface area contributed by atoms with Crippen molar-refractivity contribution in [2.45, 2.75) is 39.7 Å². The summed E-state index contributed by atoms with van der Waals surface area (Å²) in [6.07, 6.45) is -1.93. The molecule has 0 amide bonds. The van der Waals surface area contributed by atoms with E-state index in [1.165, 1.54) is 30.9 Å². The van der Waals surface area contributed by atoms with Crippen molar-refractivity contribution in [1.82, 2.24) is 9.55 Å². The van der Waals surface area contributed by atoms with E-state index in [-0.39, 0.29) is 29.6 Å². The Morgan fingerprint density at radius 1 is 1.28 bits per heavy atom. The highest BCUT2D eigenvalue weighted by Crippen LogP contribution is 2.34. The Morgan fingerprint density at radius 2 is 1.94 bits per heavy atom. The molecule has 172 valence electrons. The molecule has 1 aromatic carbocycles. The molecule has 0 radical (unpaired) electrons. The molecule has 11 heteroatoms. The zero-order chi connectivity index (χ0) is 23.6. The fourth-order valence-electron chi connectivity index (χ4n) is 2.98. The summed E-state index contributed by atoms with van der Waals surface area (Å²) < 4.78 is 69.0. The van der Waals surface area contributed by atoms with Crippen LogP contribution < -0.4 is 15.6 Å². The standard InChI is InChI=1S/C21H21F4N3O4/c1-11(5-17-13(3)31-21(24,25)32-17)12(2)26-20-27-19(29)18(30-4)10-28(20)9-14-6-15(22)8-16(23)7-14/h5-8,10,13H,9H2,1-4H3,(H,26,27,29)/b12-11+,17-5+. The molecule has 1 saturated heterocycles. The number of halogens is 4. The first kappa shape index (κ1) is 23.3. The quantitative estimate of drug-likeness (QED) is 0.660. The Hall–Kier alpha value is -3.34. The van der Waals surface area contributed by atoms with E-state index in [2.05, 4.69) is 19.8 Å². The summed E-state index contributed by atoms with van der Waals surface area (Å²) in [6, 6.07) is 3.04. The van der Waals surface area contributed by atoms with Crippen molar-refractivity contribution < 1.29 is 31.8 Å². The molecule has 2 heterocycles. The summed E-state index contributed by atoms with van der Waals surface area (Å²) in [5, 5.41) is 2.92. The lowest BCUT2D eigenvalue weighted by atomic mass is 10.2. The highest BCUT2D eigenvalue weighted by Gasteiger charge is 2.45. The summed E-state index contributed by atoms with van der Waals surface area (Å²) in [5.41, 5.74) is 0.577. The minimum atomic E-state index is -3.70. The lowest BCUT2D eigenvalue weighted by Gasteiger charge is -2.16. The van der Waals surface area contributed by atoms with Gasteiger partial charge in [0, 0.05) is 11.8 Å². The highest BCUT2D eigenvalue weighted by molar-refractivity contribution is 5.41. The van der Waals surface area contributed by atoms with Gasteiger partial charge in [0.1, 0.15) is 23.5 Å². The smallest absolute Gasteiger partial charge is 0.490 e. The number of hydrogen-bond donors (Lipinski definition) is 1. The number of hydrogen-bond acceptors (Lipinski definition) is 6. The second-order valence-corrected chi connectivity index (χ2v) is 7.15. The summed E-state index contributed by atoms with van der Waals surface area (Å²) in [7, 11) is 1.29. The molecule has 1 aliphatic heterocycles. The molecular formula is C21H21F4N3O4. The normalized spacial score (nSPS) is 19.5. The Balaban J connectivity index is 1.95. The van der Waals surface area contributed by atoms with Gasteiger partial charge in [-0.15, -0.1) is 8.78 Å². The number of methoxy groups -OCH3 is 1. The topological polar surface area (TPSA) is 74.6 Å². The molecule has 0 saturated carbocycles. The number of alkyl halides is 2. The maximum absolute atomic E-state index is 13.6. The van der Waals surface area contributed by atoms with Gasteiger partial charge in [-0.25, -0.2) is 8.78 Å². The van der Waals surface area contributed by atoms with E-state index in [4.69, 9.17) is 4.74 Å². The van der Waals surface area contributed by atoms with Crippen LogP contribution >= 0.6 is 0 Å². The molecule has 0 aliphatic carbocycles. The van der Waals surface area contributed by atoms with Crippen molar-refractivity contribution in [2.75, 3.05) is 12.4 Å². The van der Waals surface area contributed by atoms with Gasteiger partial charge in [-0.05, 0) is 50.1 Å². The van der Waals surface area contributed by atoms with Crippen LogP contribution in [0.1, 0.15) is 26.3 Å². The number of ether oxygens (including phenoxy) is 3. The van der Waals surface area contributed by atoms with E-state index in [1.54, 1.807) is 13.8 Å². The van der Waals surface area contributed by atoms with Crippen LogP contribution in [0.4, 0.5) is 23.5 Å². The van der Waals surface area contributed by atoms with Crippen molar-refractivity contribution in [3.8, 4) is 5.75 Å². The number of rotatable bonds is 6. The van der Waals surface area contributed by atoms with Gasteiger partial charge in [-0.1, -0.05) is 0 Å². The molecular weight excluding hydrogens is 434 g/mol. The predicted molar refractivity (Wildman–Crippen MR) is 107 cm³/mol. The number of nitrogens with one attached hydrogen (secondary N) is 1. The zero-order valence-corrected chi connectivity index (χ0v) is 17.7. The third-order valence-electron chi connectivity index (χ3n) is 4.66. The minimum Gasteiger partial charge on any atom is -0.490 e. The third kappa shape index (κ3) is 5.47. The number of allylic oxidation sites excluding steroid dienone is 3. The SMILES string of the molecule is COc1cn(Cc2cc(F)cc(F)c2)c(N/C(C)=C(C)/C=C2/OC(F)(F)OC2C)nc1=O. The average molecular weight is 455 g/mol. The van der Waals surface area contributed by atoms with Crippen molar-refractivity contribution in [1.29, 1.82) is 0 Å². The van der Waals surface area contributed by atoms with Gasteiger partial charge in [0.2, 0.25) is 11.7 Å². The zero-order valence-electron chi connectivity index (χ0n) is 17.7. The largest absolute Gasteiger partial charge is 0.535 e. The van der Waals surface area contributed by atoms with E-state index >= 15 is 0 Å². The molecule has 1 fully saturated rings. The van der Waals surface area contributed by atoms with Crippen LogP contribution in [0.3, 0.4) is 0 Å². The van der Waals surface area contributed by atoms with Crippen LogP contribution in [0.25, 0.3) is 0 Å². The number of nitrogens with zero attached hydrogens (tertiary/aromatic N) is 2. The van der Waals surface area contributed by atoms with Gasteiger partial charge < -0.3 is 19.4 Å². The molecule has 32 heavy (non-hydrogen) atoms. The first-order valence-corrected chi connectivity index (χ1v) is 9.48. The third-order valence-corrected chi connectivity index (χ3v) is 4.66. The monoisotopic (exact) mass is 455 g/mol. The van der Waals surface area contributed by atoms with E-state index in [0.717, 1.165) is 18.2 Å². The Labute approximate surface area is 180 Å². The summed E-state index contributed by atoms with van der Waals surface area (Å²) in [5.74, 6) is -1.58. The van der Waals surface area contributed by atoms with Crippen molar-refractivity contribution in [2.24, 2.45) is 0 Å². The van der Waals surface area contributed by atoms with Crippen LogP contribution in [0, 0.1) is 11.6 Å². The van der Waals surface area contributed by atoms with Gasteiger partial charge in [0.15, 0.2) is 0 Å². The van der Waals surface area contributed by atoms with E-state index in [9.17, 15) is 22.4 Å². The van der Waals surface area contributed by atoms with Crippen LogP contribution in [0.5, 0.6) is 5.75 Å². The van der Waals surface area contributed by atoms with E-state index < -0.39 is 29.6 Å². The fraction of sp³-hybridized carbons (Fsp3) is 0.333. The fourth-order valence-corrected chi connectivity index (χ4v) is 2.98. The van der Waals surface area contributed by atoms with E-state index in [0.29, 0.717) is 11.3 Å². The highest BCUT2D eigenvalue weighted by atomic mass is 19.3. The summed E-state index contributed by atoms with van der Waals surface area (Å²) >= 11 is 0. The van der Waals surface area contributed by atoms with Crippen LogP contribution in [0.2, 0.25) is 0 Å². The molecule has 0 bridgehead atoms. The molecule has 1 unspecified atom stereocenters. The molecule has 3 rings (SSSR count). The van der Waals surface area contributed by atoms with Crippen LogP contribution in [-0.2, 0) is 16.0 Å². The molecule has 1 aliphatic rings. The molecule has 1 atom stereocenters. The summed E-state index contributed by atoms with van der Waals surface area (Å²) in [4.78, 5) is 16.1. The van der Waals surface area contributed by atoms with Gasteiger partial charge >= 0.3 is 11.9 Å². The molecule has 1 N–H and O–H groups in total. The van der Waals surface area contributed by atoms with Gasteiger partial charge in [0.25, 0.3) is 0 Å². The van der Waals surface area contributed by atoms with E-state index in [1.807, 2.05) is 0 Å². The predicted octanol–water partition coefficient (Wildman–Crippen LogP) is 4.15. The van der Waals surface area contributed by atoms with Crippen molar-refractivity contribution >= 4 is 5.95 Å². The Morgan fingerprint density at radius 3 is 2.50 bits per heavy atom. The Bertz CT molecular complexity index is 1120. The maximum atomic E-state index is 13.6. The lowest BCUT2D eigenvalue weighted by Crippen LogP contribution is -2.20. The van der Waals surface area contributed by atoms with Gasteiger partial charge in [-0.3, -0.25) is 9.53 Å². The molecule has 1 aromatic heterocycles.